The first-order chi connectivity index (χ1) is 15.6. The first-order valence-electron chi connectivity index (χ1n) is 10.8. The summed E-state index contributed by atoms with van der Waals surface area (Å²) in [5.41, 5.74) is -0.393. The van der Waals surface area contributed by atoms with Crippen LogP contribution in [0.5, 0.6) is 5.75 Å². The Morgan fingerprint density at radius 2 is 1.85 bits per heavy atom. The molecule has 184 valence electrons. The van der Waals surface area contributed by atoms with E-state index in [9.17, 15) is 22.8 Å². The van der Waals surface area contributed by atoms with E-state index in [-0.39, 0.29) is 41.8 Å². The molecule has 1 amide bonds. The Morgan fingerprint density at radius 1 is 1.18 bits per heavy atom. The van der Waals surface area contributed by atoms with Gasteiger partial charge in [-0.2, -0.15) is 13.2 Å². The highest BCUT2D eigenvalue weighted by atomic mass is 35.5. The van der Waals surface area contributed by atoms with Gasteiger partial charge in [-0.1, -0.05) is 18.2 Å². The molecule has 34 heavy (non-hydrogen) atoms. The van der Waals surface area contributed by atoms with Crippen LogP contribution in [-0.2, 0) is 11.0 Å². The SMILES string of the molecule is C[C@H](NC(=O)C1(N2CC[C@@H](Oc3cccc(C(F)(F)F)c3)C2)CC1)c1ccc(C(=O)O)cc1.Cl. The number of rotatable bonds is 7. The van der Waals surface area contributed by atoms with E-state index in [4.69, 9.17) is 9.84 Å². The van der Waals surface area contributed by atoms with Crippen molar-refractivity contribution in [3.8, 4) is 5.75 Å². The first-order valence-corrected chi connectivity index (χ1v) is 10.8. The summed E-state index contributed by atoms with van der Waals surface area (Å²) < 4.78 is 44.6. The van der Waals surface area contributed by atoms with Crippen LogP contribution in [0.4, 0.5) is 13.2 Å². The Morgan fingerprint density at radius 3 is 2.44 bits per heavy atom. The molecule has 2 atom stereocenters. The fraction of sp³-hybridized carbons (Fsp3) is 0.417. The van der Waals surface area contributed by atoms with Gasteiger partial charge in [-0.05, 0) is 62.1 Å². The van der Waals surface area contributed by atoms with Crippen LogP contribution in [0, 0.1) is 0 Å². The second-order valence-electron chi connectivity index (χ2n) is 8.65. The molecule has 0 bridgehead atoms. The normalized spacial score (nSPS) is 20.2. The van der Waals surface area contributed by atoms with Crippen LogP contribution in [-0.4, -0.2) is 46.6 Å². The smallest absolute Gasteiger partial charge is 0.416 e. The van der Waals surface area contributed by atoms with Gasteiger partial charge < -0.3 is 15.2 Å². The van der Waals surface area contributed by atoms with Gasteiger partial charge in [0.25, 0.3) is 0 Å². The summed E-state index contributed by atoms with van der Waals surface area (Å²) in [5, 5.41) is 12.0. The van der Waals surface area contributed by atoms with Gasteiger partial charge in [-0.15, -0.1) is 12.4 Å². The summed E-state index contributed by atoms with van der Waals surface area (Å²) in [6.07, 6.45) is -2.68. The lowest BCUT2D eigenvalue weighted by Gasteiger charge is -2.28. The fourth-order valence-corrected chi connectivity index (χ4v) is 4.29. The van der Waals surface area contributed by atoms with E-state index >= 15 is 0 Å². The van der Waals surface area contributed by atoms with Gasteiger partial charge >= 0.3 is 12.1 Å². The van der Waals surface area contributed by atoms with Crippen LogP contribution in [0.3, 0.4) is 0 Å². The van der Waals surface area contributed by atoms with E-state index < -0.39 is 23.2 Å². The lowest BCUT2D eigenvalue weighted by atomic mass is 10.1. The van der Waals surface area contributed by atoms with E-state index in [1.165, 1.54) is 24.3 Å². The number of carboxylic acid groups (broad SMARTS) is 1. The number of carbonyl (C=O) groups excluding carboxylic acids is 1. The number of hydrogen-bond donors (Lipinski definition) is 2. The maximum Gasteiger partial charge on any atom is 0.416 e. The number of nitrogens with zero attached hydrogens (tertiary/aromatic N) is 1. The van der Waals surface area contributed by atoms with Crippen LogP contribution >= 0.6 is 12.4 Å². The van der Waals surface area contributed by atoms with Crippen molar-refractivity contribution in [3.63, 3.8) is 0 Å². The molecular weight excluding hydrogens is 473 g/mol. The Labute approximate surface area is 201 Å². The quantitative estimate of drug-likeness (QED) is 0.579. The third-order valence-electron chi connectivity index (χ3n) is 6.37. The molecule has 2 aromatic carbocycles. The Bertz CT molecular complexity index is 1040. The van der Waals surface area contributed by atoms with Gasteiger partial charge in [0.15, 0.2) is 0 Å². The molecule has 4 rings (SSSR count). The van der Waals surface area contributed by atoms with Crippen molar-refractivity contribution in [2.45, 2.75) is 50.0 Å². The van der Waals surface area contributed by atoms with Crippen molar-refractivity contribution in [2.24, 2.45) is 0 Å². The third kappa shape index (κ3) is 5.47. The van der Waals surface area contributed by atoms with Gasteiger partial charge in [-0.3, -0.25) is 9.69 Å². The van der Waals surface area contributed by atoms with Crippen LogP contribution in [0.15, 0.2) is 48.5 Å². The summed E-state index contributed by atoms with van der Waals surface area (Å²) in [6, 6.07) is 10.9. The average molecular weight is 499 g/mol. The maximum atomic E-state index is 13.1. The maximum absolute atomic E-state index is 13.1. The number of amides is 1. The molecule has 2 fully saturated rings. The van der Waals surface area contributed by atoms with E-state index in [0.29, 0.717) is 32.4 Å². The predicted octanol–water partition coefficient (Wildman–Crippen LogP) is 4.69. The summed E-state index contributed by atoms with van der Waals surface area (Å²) >= 11 is 0. The lowest BCUT2D eigenvalue weighted by Crippen LogP contribution is -2.49. The molecule has 1 saturated heterocycles. The number of likely N-dealkylation sites (tertiary alicyclic amines) is 1. The number of alkyl halides is 3. The number of aromatic carboxylic acids is 1. The van der Waals surface area contributed by atoms with Gasteiger partial charge in [0, 0.05) is 13.1 Å². The van der Waals surface area contributed by atoms with Crippen LogP contribution in [0.2, 0.25) is 0 Å². The van der Waals surface area contributed by atoms with Crippen LogP contribution < -0.4 is 10.1 Å². The molecule has 10 heteroatoms. The van der Waals surface area contributed by atoms with Gasteiger partial charge in [0.05, 0.1) is 17.2 Å². The second kappa shape index (κ2) is 9.84. The molecule has 2 N–H and O–H groups in total. The standard InChI is InChI=1S/C24H25F3N2O4.ClH/c1-15(16-5-7-17(8-6-16)21(30)31)28-22(32)23(10-11-23)29-12-9-20(14-29)33-19-4-2-3-18(13-19)24(25,26)27;/h2-8,13,15,20H,9-12,14H2,1H3,(H,28,32)(H,30,31);1H/t15-,20+;/m0./s1. The summed E-state index contributed by atoms with van der Waals surface area (Å²) in [5.74, 6) is -0.937. The minimum absolute atomic E-state index is 0. The monoisotopic (exact) mass is 498 g/mol. The van der Waals surface area contributed by atoms with E-state index in [2.05, 4.69) is 10.2 Å². The van der Waals surface area contributed by atoms with E-state index in [1.807, 2.05) is 6.92 Å². The molecule has 1 aliphatic carbocycles. The Balaban J connectivity index is 0.00000324. The lowest BCUT2D eigenvalue weighted by molar-refractivity contribution is -0.137. The van der Waals surface area contributed by atoms with E-state index in [1.54, 1.807) is 12.1 Å². The molecule has 1 heterocycles. The van der Waals surface area contributed by atoms with Crippen molar-refractivity contribution in [1.82, 2.24) is 10.2 Å². The zero-order valence-electron chi connectivity index (χ0n) is 18.5. The van der Waals surface area contributed by atoms with Crippen LogP contribution in [0.25, 0.3) is 0 Å². The number of carboxylic acids is 1. The molecule has 1 aliphatic heterocycles. The number of halogens is 4. The first kappa shape index (κ1) is 25.8. The molecule has 1 saturated carbocycles. The summed E-state index contributed by atoms with van der Waals surface area (Å²) in [7, 11) is 0. The zero-order chi connectivity index (χ0) is 23.8. The molecule has 2 aromatic rings. The molecule has 2 aliphatic rings. The Hall–Kier alpha value is -2.78. The highest BCUT2D eigenvalue weighted by Crippen LogP contribution is 2.44. The van der Waals surface area contributed by atoms with Gasteiger partial charge in [0.1, 0.15) is 17.4 Å². The number of ether oxygens (including phenoxy) is 1. The second-order valence-corrected chi connectivity index (χ2v) is 8.65. The summed E-state index contributed by atoms with van der Waals surface area (Å²) in [6.45, 7) is 2.93. The van der Waals surface area contributed by atoms with Gasteiger partial charge in [0.2, 0.25) is 5.91 Å². The van der Waals surface area contributed by atoms with Crippen molar-refractivity contribution < 1.29 is 32.6 Å². The number of carbonyl (C=O) groups is 2. The number of benzene rings is 2. The molecule has 0 radical (unpaired) electrons. The minimum atomic E-state index is -4.43. The summed E-state index contributed by atoms with van der Waals surface area (Å²) in [4.78, 5) is 26.2. The Kier molecular flexibility index (Phi) is 7.47. The molecular formula is C24H26ClF3N2O4. The van der Waals surface area contributed by atoms with Crippen molar-refractivity contribution in [1.29, 1.82) is 0 Å². The van der Waals surface area contributed by atoms with E-state index in [0.717, 1.165) is 17.7 Å². The molecule has 0 aromatic heterocycles. The van der Waals surface area contributed by atoms with Crippen molar-refractivity contribution in [2.75, 3.05) is 13.1 Å². The average Bonchev–Trinajstić information content (AvgIpc) is 3.46. The van der Waals surface area contributed by atoms with Crippen molar-refractivity contribution in [3.05, 3.63) is 65.2 Å². The molecule has 0 spiro atoms. The molecule has 6 nitrogen and oxygen atoms in total. The molecule has 0 unspecified atom stereocenters. The highest BCUT2D eigenvalue weighted by Gasteiger charge is 2.56. The fourth-order valence-electron chi connectivity index (χ4n) is 4.29. The predicted molar refractivity (Wildman–Crippen MR) is 121 cm³/mol. The zero-order valence-corrected chi connectivity index (χ0v) is 19.3. The third-order valence-corrected chi connectivity index (χ3v) is 6.37. The number of hydrogen-bond acceptors (Lipinski definition) is 4. The highest BCUT2D eigenvalue weighted by molar-refractivity contribution is 5.90. The number of nitrogens with one attached hydrogen (secondary N) is 1. The van der Waals surface area contributed by atoms with Crippen molar-refractivity contribution >= 4 is 24.3 Å². The van der Waals surface area contributed by atoms with Gasteiger partial charge in [-0.25, -0.2) is 4.79 Å². The topological polar surface area (TPSA) is 78.9 Å². The minimum Gasteiger partial charge on any atom is -0.489 e. The largest absolute Gasteiger partial charge is 0.489 e. The van der Waals surface area contributed by atoms with Crippen LogP contribution in [0.1, 0.15) is 53.7 Å².